The van der Waals surface area contributed by atoms with Crippen molar-refractivity contribution in [3.8, 4) is 0 Å². The Morgan fingerprint density at radius 2 is 1.05 bits per heavy atom. The van der Waals surface area contributed by atoms with Crippen LogP contribution in [-0.2, 0) is 32.9 Å². The van der Waals surface area contributed by atoms with Gasteiger partial charge in [-0.25, -0.2) is 0 Å². The number of esters is 2. The Morgan fingerprint density at radius 3 is 1.48 bits per heavy atom. The minimum absolute atomic E-state index is 0. The number of phosphoric ester groups is 1. The van der Waals surface area contributed by atoms with Gasteiger partial charge in [-0.3, -0.25) is 14.4 Å². The third-order valence-electron chi connectivity index (χ3n) is 6.96. The molecule has 0 heterocycles. The Morgan fingerprint density at radius 1 is 0.636 bits per heavy atom. The number of hydrogen-bond acceptors (Lipinski definition) is 10. The average Bonchev–Trinajstić information content (AvgIpc) is 2.93. The Kier molecular flexibility index (Phi) is 39.8. The summed E-state index contributed by atoms with van der Waals surface area (Å²) in [4.78, 5) is 57.0. The summed E-state index contributed by atoms with van der Waals surface area (Å²) in [7, 11) is -5.25. The molecule has 0 aromatic carbocycles. The van der Waals surface area contributed by atoms with Gasteiger partial charge in [0.15, 0.2) is 11.2 Å². The van der Waals surface area contributed by atoms with Crippen molar-refractivity contribution in [1.82, 2.24) is 0 Å². The van der Waals surface area contributed by atoms with Crippen LogP contribution in [0.15, 0.2) is 0 Å². The van der Waals surface area contributed by atoms with E-state index in [1.807, 2.05) is 0 Å². The van der Waals surface area contributed by atoms with E-state index in [0.717, 1.165) is 63.5 Å². The summed E-state index contributed by atoms with van der Waals surface area (Å²) in [5.41, 5.74) is 0. The summed E-state index contributed by atoms with van der Waals surface area (Å²) >= 11 is 1.39. The molecule has 0 saturated carbocycles. The molecule has 0 rings (SSSR count). The summed E-state index contributed by atoms with van der Waals surface area (Å²) in [6.45, 7) is 2.79. The fourth-order valence-electron chi connectivity index (χ4n) is 4.55. The van der Waals surface area contributed by atoms with E-state index in [0.29, 0.717) is 12.8 Å². The Labute approximate surface area is 316 Å². The van der Waals surface area contributed by atoms with Crippen molar-refractivity contribution in [2.24, 2.45) is 0 Å². The predicted molar refractivity (Wildman–Crippen MR) is 165 cm³/mol. The molecule has 13 heteroatoms. The normalized spacial score (nSPS) is 11.7. The van der Waals surface area contributed by atoms with E-state index in [2.05, 4.69) is 11.4 Å². The summed E-state index contributed by atoms with van der Waals surface area (Å²) in [5, 5.41) is 0.177. The van der Waals surface area contributed by atoms with Crippen molar-refractivity contribution < 1.29 is 102 Å². The zero-order chi connectivity index (χ0) is 31.3. The number of unbranched alkanes of at least 4 members (excludes halogenated alkanes) is 18. The van der Waals surface area contributed by atoms with Gasteiger partial charge in [-0.05, 0) is 19.3 Å². The number of hydrogen-bond donors (Lipinski definition) is 0. The number of rotatable bonds is 30. The smallest absolute Gasteiger partial charge is 0.790 e. The standard InChI is InChI=1S/C31H59O9PS.2Na/c1-3-4-5-6-7-8-9-11-15-18-21-24-31(34)40-29(27-39-41(35,36)37)26-38-30(33)23-20-17-14-12-10-13-16-19-22-25-42-28(2)32;;/h29H,3-27H2,1-2H3,(H2,35,36,37);;/q;2*+1/p-2/t29-;;/m0../s1. The summed E-state index contributed by atoms with van der Waals surface area (Å²) in [6, 6.07) is 0. The molecular weight excluding hydrogens is 625 g/mol. The molecule has 0 spiro atoms. The molecule has 9 nitrogen and oxygen atoms in total. The van der Waals surface area contributed by atoms with E-state index in [-0.39, 0.29) is 83.7 Å². The molecule has 0 saturated heterocycles. The zero-order valence-corrected chi connectivity index (χ0v) is 34.0. The van der Waals surface area contributed by atoms with Gasteiger partial charge < -0.3 is 28.3 Å². The van der Waals surface area contributed by atoms with E-state index >= 15 is 0 Å². The van der Waals surface area contributed by atoms with Crippen molar-refractivity contribution in [1.29, 1.82) is 0 Å². The van der Waals surface area contributed by atoms with Crippen LogP contribution in [0.2, 0.25) is 0 Å². The molecule has 0 fully saturated rings. The molecule has 0 aromatic rings. The first kappa shape index (κ1) is 49.5. The maximum Gasteiger partial charge on any atom is 1.00 e. The van der Waals surface area contributed by atoms with Crippen molar-refractivity contribution >= 4 is 36.6 Å². The molecule has 1 atom stereocenters. The molecule has 0 aliphatic carbocycles. The molecule has 0 aliphatic heterocycles. The molecule has 44 heavy (non-hydrogen) atoms. The fraction of sp³-hybridized carbons (Fsp3) is 0.903. The largest absolute Gasteiger partial charge is 1.00 e. The molecule has 0 radical (unpaired) electrons. The van der Waals surface area contributed by atoms with E-state index in [1.54, 1.807) is 6.92 Å². The number of thioether (sulfide) groups is 1. The van der Waals surface area contributed by atoms with Crippen LogP contribution in [0.25, 0.3) is 0 Å². The third-order valence-corrected chi connectivity index (χ3v) is 8.33. The molecule has 0 aliphatic rings. The Balaban J connectivity index is -0.00000840. The molecular formula is C31H57Na2O9PS. The second kappa shape index (κ2) is 35.4. The Hall–Kier alpha value is 1.07. The van der Waals surface area contributed by atoms with Gasteiger partial charge in [0.05, 0.1) is 14.4 Å². The van der Waals surface area contributed by atoms with Gasteiger partial charge in [-0.1, -0.05) is 128 Å². The SMILES string of the molecule is CCCCCCCCCCCCCC(=O)O[C@@H](COC(=O)CCCCCCCCCCCSC(C)=O)COP(=O)([O-])[O-].[Na+].[Na+]. The van der Waals surface area contributed by atoms with Crippen molar-refractivity contribution in [3.05, 3.63) is 0 Å². The van der Waals surface area contributed by atoms with Crippen LogP contribution in [0.5, 0.6) is 0 Å². The van der Waals surface area contributed by atoms with E-state index in [9.17, 15) is 28.7 Å². The molecule has 0 aromatic heterocycles. The third kappa shape index (κ3) is 39.2. The van der Waals surface area contributed by atoms with Crippen LogP contribution < -0.4 is 68.9 Å². The number of ether oxygens (including phenoxy) is 2. The molecule has 0 amide bonds. The molecule has 0 N–H and O–H groups in total. The first-order valence-electron chi connectivity index (χ1n) is 16.3. The van der Waals surface area contributed by atoms with Crippen molar-refractivity contribution in [3.63, 3.8) is 0 Å². The molecule has 0 bridgehead atoms. The maximum atomic E-state index is 12.2. The van der Waals surface area contributed by atoms with Crippen molar-refractivity contribution in [2.45, 2.75) is 161 Å². The van der Waals surface area contributed by atoms with Crippen LogP contribution in [0.1, 0.15) is 155 Å². The molecule has 248 valence electrons. The van der Waals surface area contributed by atoms with E-state index < -0.39 is 32.5 Å². The minimum atomic E-state index is -5.25. The minimum Gasteiger partial charge on any atom is -0.790 e. The van der Waals surface area contributed by atoms with Crippen molar-refractivity contribution in [2.75, 3.05) is 19.0 Å². The van der Waals surface area contributed by atoms with Crippen LogP contribution >= 0.6 is 19.6 Å². The fourth-order valence-corrected chi connectivity index (χ4v) is 5.54. The summed E-state index contributed by atoms with van der Waals surface area (Å²) in [6.07, 6.45) is 21.4. The Bertz CT molecular complexity index is 741. The second-order valence-corrected chi connectivity index (χ2v) is 13.5. The second-order valence-electron chi connectivity index (χ2n) is 11.1. The summed E-state index contributed by atoms with van der Waals surface area (Å²) in [5.74, 6) is -0.0893. The predicted octanol–water partition coefficient (Wildman–Crippen LogP) is 1.18. The topological polar surface area (TPSA) is 142 Å². The number of carbonyl (C=O) groups is 3. The van der Waals surface area contributed by atoms with Crippen LogP contribution in [0.4, 0.5) is 0 Å². The van der Waals surface area contributed by atoms with Crippen LogP contribution in [0, 0.1) is 0 Å². The summed E-state index contributed by atoms with van der Waals surface area (Å²) < 4.78 is 25.6. The van der Waals surface area contributed by atoms with Gasteiger partial charge in [0.1, 0.15) is 6.61 Å². The van der Waals surface area contributed by atoms with Gasteiger partial charge in [0.25, 0.3) is 0 Å². The first-order chi connectivity index (χ1) is 20.1. The van der Waals surface area contributed by atoms with Gasteiger partial charge in [-0.2, -0.15) is 0 Å². The van der Waals surface area contributed by atoms with Crippen LogP contribution in [0.3, 0.4) is 0 Å². The van der Waals surface area contributed by atoms with Gasteiger partial charge >= 0.3 is 71.1 Å². The van der Waals surface area contributed by atoms with Gasteiger partial charge in [0.2, 0.25) is 0 Å². The quantitative estimate of drug-likeness (QED) is 0.0469. The zero-order valence-electron chi connectivity index (χ0n) is 28.3. The first-order valence-corrected chi connectivity index (χ1v) is 18.7. The number of carbonyl (C=O) groups excluding carboxylic acids is 3. The average molecular weight is 683 g/mol. The van der Waals surface area contributed by atoms with Gasteiger partial charge in [-0.15, -0.1) is 0 Å². The maximum absolute atomic E-state index is 12.2. The van der Waals surface area contributed by atoms with E-state index in [4.69, 9.17) is 9.47 Å². The van der Waals surface area contributed by atoms with E-state index in [1.165, 1.54) is 69.5 Å². The number of phosphoric acid groups is 1. The monoisotopic (exact) mass is 682 g/mol. The van der Waals surface area contributed by atoms with Crippen LogP contribution in [-0.4, -0.2) is 42.1 Å². The molecule has 0 unspecified atom stereocenters. The van der Waals surface area contributed by atoms with Gasteiger partial charge in [0, 0.05) is 25.5 Å².